The number of pyridine rings is 1. The maximum Gasteiger partial charge on any atom is 0.172 e. The first-order chi connectivity index (χ1) is 14.2. The van der Waals surface area contributed by atoms with Crippen LogP contribution in [0.15, 0.2) is 77.1 Å². The lowest BCUT2D eigenvalue weighted by Crippen LogP contribution is -1.97. The fourth-order valence-corrected chi connectivity index (χ4v) is 4.77. The van der Waals surface area contributed by atoms with E-state index in [1.165, 1.54) is 16.9 Å². The fourth-order valence-electron chi connectivity index (χ4n) is 3.21. The second kappa shape index (κ2) is 9.25. The Balaban J connectivity index is 1.55. The van der Waals surface area contributed by atoms with E-state index in [0.29, 0.717) is 6.42 Å². The van der Waals surface area contributed by atoms with Crippen molar-refractivity contribution in [3.8, 4) is 16.9 Å². The Bertz CT molecular complexity index is 1110. The number of ketones is 1. The summed E-state index contributed by atoms with van der Waals surface area (Å²) in [5.74, 6) is 1.88. The van der Waals surface area contributed by atoms with Crippen molar-refractivity contribution < 1.29 is 9.53 Å². The van der Waals surface area contributed by atoms with E-state index in [-0.39, 0.29) is 5.78 Å². The topological polar surface area (TPSA) is 39.2 Å². The lowest BCUT2D eigenvalue weighted by atomic mass is 10.0. The van der Waals surface area contributed by atoms with E-state index in [0.717, 1.165) is 44.3 Å². The largest absolute Gasteiger partial charge is 0.497 e. The third-order valence-corrected chi connectivity index (χ3v) is 6.58. The third kappa shape index (κ3) is 4.69. The second-order valence-corrected chi connectivity index (χ2v) is 8.67. The van der Waals surface area contributed by atoms with Crippen molar-refractivity contribution in [3.05, 3.63) is 77.0 Å². The van der Waals surface area contributed by atoms with Crippen molar-refractivity contribution in [1.29, 1.82) is 0 Å². The summed E-state index contributed by atoms with van der Waals surface area (Å²) in [5, 5.41) is 4.02. The van der Waals surface area contributed by atoms with Crippen molar-refractivity contribution in [2.24, 2.45) is 0 Å². The summed E-state index contributed by atoms with van der Waals surface area (Å²) in [5.41, 5.74) is 3.25. The van der Waals surface area contributed by atoms with Crippen molar-refractivity contribution >= 4 is 39.8 Å². The van der Waals surface area contributed by atoms with Crippen molar-refractivity contribution in [2.45, 2.75) is 17.9 Å². The van der Waals surface area contributed by atoms with Gasteiger partial charge in [-0.1, -0.05) is 36.4 Å². The van der Waals surface area contributed by atoms with Gasteiger partial charge >= 0.3 is 0 Å². The molecule has 0 amide bonds. The first-order valence-corrected chi connectivity index (χ1v) is 11.3. The number of carbonyl (C=O) groups is 1. The van der Waals surface area contributed by atoms with Gasteiger partial charge in [-0.25, -0.2) is 4.98 Å². The summed E-state index contributed by atoms with van der Waals surface area (Å²) >= 11 is 3.21. The van der Waals surface area contributed by atoms with Crippen LogP contribution in [0.25, 0.3) is 22.0 Å². The second-order valence-electron chi connectivity index (χ2n) is 6.61. The number of hydrogen-bond acceptors (Lipinski definition) is 5. The van der Waals surface area contributed by atoms with Crippen molar-refractivity contribution in [2.75, 3.05) is 12.9 Å². The van der Waals surface area contributed by atoms with Gasteiger partial charge in [-0.05, 0) is 52.9 Å². The lowest BCUT2D eigenvalue weighted by Gasteiger charge is -2.11. The molecule has 5 heteroatoms. The Morgan fingerprint density at radius 1 is 1.07 bits per heavy atom. The van der Waals surface area contributed by atoms with Gasteiger partial charge in [0.25, 0.3) is 0 Å². The number of fused-ring (bicyclic) bond motifs is 1. The van der Waals surface area contributed by atoms with Crippen molar-refractivity contribution in [3.63, 3.8) is 0 Å². The van der Waals surface area contributed by atoms with Crippen LogP contribution in [0.2, 0.25) is 0 Å². The molecule has 0 fully saturated rings. The Labute approximate surface area is 178 Å². The van der Waals surface area contributed by atoms with Crippen LogP contribution in [0.4, 0.5) is 0 Å². The van der Waals surface area contributed by atoms with E-state index < -0.39 is 0 Å². The molecule has 0 radical (unpaired) electrons. The molecule has 29 heavy (non-hydrogen) atoms. The first kappa shape index (κ1) is 19.7. The van der Waals surface area contributed by atoms with Crippen LogP contribution in [0, 0.1) is 0 Å². The van der Waals surface area contributed by atoms with E-state index in [1.807, 2.05) is 47.8 Å². The summed E-state index contributed by atoms with van der Waals surface area (Å²) in [7, 11) is 1.67. The zero-order valence-electron chi connectivity index (χ0n) is 16.1. The quantitative estimate of drug-likeness (QED) is 0.180. The standard InChI is InChI=1S/C24H21NO2S2/c1-27-18-11-12-19-20(17-7-3-2-4-8-17)16-24(25-21(19)15-18)29-14-5-9-22(26)23-10-6-13-28-23/h2-4,6-8,10-13,15-16H,5,9,14H2,1H3. The molecule has 2 heterocycles. The average molecular weight is 420 g/mol. The van der Waals surface area contributed by atoms with Gasteiger partial charge in [0.15, 0.2) is 5.78 Å². The molecule has 0 aliphatic carbocycles. The molecule has 146 valence electrons. The minimum absolute atomic E-state index is 0.224. The van der Waals surface area contributed by atoms with Crippen LogP contribution in [0.5, 0.6) is 5.75 Å². The molecule has 0 bridgehead atoms. The highest BCUT2D eigenvalue weighted by atomic mass is 32.2. The number of ether oxygens (including phenoxy) is 1. The number of carbonyl (C=O) groups excluding carboxylic acids is 1. The zero-order valence-corrected chi connectivity index (χ0v) is 17.8. The van der Waals surface area contributed by atoms with E-state index in [2.05, 4.69) is 24.3 Å². The molecule has 4 rings (SSSR count). The molecule has 0 saturated heterocycles. The molecule has 2 aromatic carbocycles. The van der Waals surface area contributed by atoms with Crippen LogP contribution in [0.1, 0.15) is 22.5 Å². The van der Waals surface area contributed by atoms with Gasteiger partial charge in [0, 0.05) is 17.9 Å². The number of Topliss-reactive ketones (excluding diaryl/α,β-unsaturated/α-hetero) is 1. The SMILES string of the molecule is COc1ccc2c(-c3ccccc3)cc(SCCCC(=O)c3cccs3)nc2c1. The van der Waals surface area contributed by atoms with Gasteiger partial charge in [0.2, 0.25) is 0 Å². The molecule has 0 aliphatic heterocycles. The first-order valence-electron chi connectivity index (χ1n) is 9.48. The number of methoxy groups -OCH3 is 1. The molecule has 0 saturated carbocycles. The Hall–Kier alpha value is -2.63. The molecule has 0 N–H and O–H groups in total. The minimum atomic E-state index is 0.224. The number of benzene rings is 2. The predicted molar refractivity (Wildman–Crippen MR) is 122 cm³/mol. The highest BCUT2D eigenvalue weighted by molar-refractivity contribution is 7.99. The van der Waals surface area contributed by atoms with Crippen LogP contribution in [-0.2, 0) is 0 Å². The summed E-state index contributed by atoms with van der Waals surface area (Å²) in [6, 6.07) is 22.3. The van der Waals surface area contributed by atoms with Crippen molar-refractivity contribution in [1.82, 2.24) is 4.98 Å². The maximum atomic E-state index is 12.2. The van der Waals surface area contributed by atoms with E-state index in [1.54, 1.807) is 18.9 Å². The highest BCUT2D eigenvalue weighted by Crippen LogP contribution is 2.33. The summed E-state index contributed by atoms with van der Waals surface area (Å²) in [6.45, 7) is 0. The van der Waals surface area contributed by atoms with Gasteiger partial charge in [-0.3, -0.25) is 4.79 Å². The molecule has 4 aromatic rings. The molecular weight excluding hydrogens is 398 g/mol. The number of aromatic nitrogens is 1. The molecule has 3 nitrogen and oxygen atoms in total. The maximum absolute atomic E-state index is 12.2. The molecule has 0 unspecified atom stereocenters. The van der Waals surface area contributed by atoms with Crippen LogP contribution in [0.3, 0.4) is 0 Å². The highest BCUT2D eigenvalue weighted by Gasteiger charge is 2.11. The third-order valence-electron chi connectivity index (χ3n) is 4.67. The monoisotopic (exact) mass is 419 g/mol. The van der Waals surface area contributed by atoms with Gasteiger partial charge in [-0.2, -0.15) is 0 Å². The predicted octanol–water partition coefficient (Wildman–Crippen LogP) is 6.73. The Kier molecular flexibility index (Phi) is 6.27. The number of rotatable bonds is 8. The molecule has 0 spiro atoms. The van der Waals surface area contributed by atoms with Gasteiger partial charge in [-0.15, -0.1) is 23.1 Å². The van der Waals surface area contributed by atoms with E-state index in [4.69, 9.17) is 9.72 Å². The Morgan fingerprint density at radius 3 is 2.69 bits per heavy atom. The van der Waals surface area contributed by atoms with Crippen LogP contribution < -0.4 is 4.74 Å². The summed E-state index contributed by atoms with van der Waals surface area (Å²) in [4.78, 5) is 17.9. The van der Waals surface area contributed by atoms with Gasteiger partial charge < -0.3 is 4.74 Å². The molecular formula is C24H21NO2S2. The summed E-state index contributed by atoms with van der Waals surface area (Å²) in [6.07, 6.45) is 1.40. The van der Waals surface area contributed by atoms with Gasteiger partial charge in [0.1, 0.15) is 5.75 Å². The number of thioether (sulfide) groups is 1. The van der Waals surface area contributed by atoms with E-state index >= 15 is 0 Å². The smallest absolute Gasteiger partial charge is 0.172 e. The molecule has 2 aromatic heterocycles. The van der Waals surface area contributed by atoms with Crippen LogP contribution >= 0.6 is 23.1 Å². The van der Waals surface area contributed by atoms with Gasteiger partial charge in [0.05, 0.1) is 22.5 Å². The lowest BCUT2D eigenvalue weighted by molar-refractivity contribution is 0.0986. The summed E-state index contributed by atoms with van der Waals surface area (Å²) < 4.78 is 5.38. The number of thiophene rings is 1. The normalized spacial score (nSPS) is 10.9. The average Bonchev–Trinajstić information content (AvgIpc) is 3.31. The minimum Gasteiger partial charge on any atom is -0.497 e. The molecule has 0 atom stereocenters. The molecule has 0 aliphatic rings. The number of hydrogen-bond donors (Lipinski definition) is 0. The van der Waals surface area contributed by atoms with Crippen LogP contribution in [-0.4, -0.2) is 23.6 Å². The zero-order chi connectivity index (χ0) is 20.1. The fraction of sp³-hybridized carbons (Fsp3) is 0.167. The Morgan fingerprint density at radius 2 is 1.93 bits per heavy atom. The number of nitrogens with zero attached hydrogens (tertiary/aromatic N) is 1. The van der Waals surface area contributed by atoms with E-state index in [9.17, 15) is 4.79 Å².